The van der Waals surface area contributed by atoms with Gasteiger partial charge in [-0.05, 0) is 75.6 Å². The summed E-state index contributed by atoms with van der Waals surface area (Å²) in [6, 6.07) is 8.26. The van der Waals surface area contributed by atoms with E-state index in [0.717, 1.165) is 0 Å². The average Bonchev–Trinajstić information content (AvgIpc) is 3.40. The Hall–Kier alpha value is -2.87. The zero-order chi connectivity index (χ0) is 40.3. The number of rotatable bonds is 18. The molecule has 15 nitrogen and oxygen atoms in total. The van der Waals surface area contributed by atoms with E-state index in [0.29, 0.717) is 53.2 Å². The minimum absolute atomic E-state index is 0. The SMILES string of the molecule is CC1(C)C(/C=C/C=C/C=C2/N(CCCS(=O)(=O)O)c3ccc(S(=O)(=O)O)cc3C2(C)CCCC[C-]=O)=[N+](CCCS(=O)(=O)O)c2ccc(S(=O)(=O)O)cc21.[CH3-].[W+2]. The Balaban J connectivity index is 0.00000541. The molecule has 1 unspecified atom stereocenters. The van der Waals surface area contributed by atoms with Crippen molar-refractivity contribution in [3.8, 4) is 0 Å². The number of fused-ring (bicyclic) bond motifs is 2. The van der Waals surface area contributed by atoms with Crippen molar-refractivity contribution in [3.05, 3.63) is 91.0 Å². The molecule has 2 aliphatic rings. The molecule has 0 fully saturated rings. The maximum absolute atomic E-state index is 12.1. The number of unbranched alkanes of at least 4 members (excludes halogenated alkanes) is 2. The van der Waals surface area contributed by atoms with Crippen LogP contribution in [-0.2, 0) is 77.2 Å². The Kier molecular flexibility index (Phi) is 16.5. The number of allylic oxidation sites excluding steroid dienone is 6. The van der Waals surface area contributed by atoms with Gasteiger partial charge in [0.05, 0.1) is 26.7 Å². The van der Waals surface area contributed by atoms with Crippen molar-refractivity contribution in [3.63, 3.8) is 0 Å². The topological polar surface area (TPSA) is 241 Å². The minimum Gasteiger partial charge on any atom is -0.542 e. The molecule has 1 atom stereocenters. The zero-order valence-electron chi connectivity index (χ0n) is 31.3. The first-order valence-electron chi connectivity index (χ1n) is 16.9. The molecule has 0 radical (unpaired) electrons. The number of hydrogen-bond acceptors (Lipinski definition) is 10. The van der Waals surface area contributed by atoms with Crippen molar-refractivity contribution < 1.29 is 82.3 Å². The van der Waals surface area contributed by atoms with E-state index in [2.05, 4.69) is 0 Å². The summed E-state index contributed by atoms with van der Waals surface area (Å²) in [4.78, 5) is 12.1. The van der Waals surface area contributed by atoms with Crippen LogP contribution in [0.15, 0.2) is 82.3 Å². The van der Waals surface area contributed by atoms with Gasteiger partial charge in [0, 0.05) is 47.5 Å². The Labute approximate surface area is 344 Å². The van der Waals surface area contributed by atoms with Gasteiger partial charge in [-0.25, -0.2) is 0 Å². The number of hydrogen-bond donors (Lipinski definition) is 4. The maximum atomic E-state index is 12.1. The van der Waals surface area contributed by atoms with Crippen LogP contribution in [0.5, 0.6) is 0 Å². The van der Waals surface area contributed by atoms with E-state index in [4.69, 9.17) is 0 Å². The summed E-state index contributed by atoms with van der Waals surface area (Å²) in [5.74, 6) is -1.03. The second kappa shape index (κ2) is 18.8. The first-order valence-corrected chi connectivity index (χ1v) is 23.0. The molecule has 56 heavy (non-hydrogen) atoms. The quantitative estimate of drug-likeness (QED) is 0.0505. The standard InChI is InChI=1S/C35H44N2O13S4.CH3.W/c1-34(2)28-24-26(53(45,46)47)14-16-30(28)36(19-10-22-51(39,40)41)32(34)12-6-4-7-13-33-35(3,18-8-5-9-21-38)29-25-27(54(48,49)50)15-17-31(29)37(33)20-11-23-52(42,43)44;;/h4,6-7,12-17,24-25H,5,8-11,18-20,22-23H2,1-3H3,(H,39,40,41)(H,42,43,44)(H,45,46,47)(H,48,49,50);1H3;/q;-1;+2. The summed E-state index contributed by atoms with van der Waals surface area (Å²) in [6.07, 6.45) is 12.3. The number of nitrogens with zero attached hydrogens (tertiary/aromatic N) is 2. The predicted octanol–water partition coefficient (Wildman–Crippen LogP) is 5.00. The van der Waals surface area contributed by atoms with Gasteiger partial charge in [-0.15, -0.1) is 0 Å². The molecule has 2 aromatic carbocycles. The van der Waals surface area contributed by atoms with E-state index in [1.165, 1.54) is 36.4 Å². The van der Waals surface area contributed by atoms with Crippen LogP contribution in [-0.4, -0.2) is 93.1 Å². The smallest absolute Gasteiger partial charge is 0.542 e. The summed E-state index contributed by atoms with van der Waals surface area (Å²) >= 11 is 0. The molecule has 2 aliphatic heterocycles. The summed E-state index contributed by atoms with van der Waals surface area (Å²) in [6.45, 7) is 5.82. The van der Waals surface area contributed by atoms with E-state index in [1.807, 2.05) is 36.5 Å². The first-order chi connectivity index (χ1) is 24.9. The molecule has 0 aliphatic carbocycles. The van der Waals surface area contributed by atoms with Gasteiger partial charge in [-0.1, -0.05) is 31.1 Å². The van der Waals surface area contributed by atoms with Gasteiger partial charge in [0.15, 0.2) is 5.71 Å². The molecule has 2 aromatic rings. The van der Waals surface area contributed by atoms with E-state index in [-0.39, 0.29) is 70.6 Å². The zero-order valence-corrected chi connectivity index (χ0v) is 37.5. The molecule has 20 heteroatoms. The van der Waals surface area contributed by atoms with Crippen LogP contribution in [0.2, 0.25) is 0 Å². The Morgan fingerprint density at radius 2 is 1.32 bits per heavy atom. The van der Waals surface area contributed by atoms with Crippen molar-refractivity contribution in [1.29, 1.82) is 0 Å². The third-order valence-corrected chi connectivity index (χ3v) is 13.0. The fourth-order valence-electron chi connectivity index (χ4n) is 7.10. The molecule has 0 bridgehead atoms. The predicted molar refractivity (Wildman–Crippen MR) is 209 cm³/mol. The molecule has 0 saturated carbocycles. The van der Waals surface area contributed by atoms with E-state index in [9.17, 15) is 56.7 Å². The minimum atomic E-state index is -4.58. The third kappa shape index (κ3) is 11.8. The Morgan fingerprint density at radius 3 is 1.89 bits per heavy atom. The fraction of sp³-hybridized carbons (Fsp3) is 0.417. The van der Waals surface area contributed by atoms with Crippen molar-refractivity contribution in [2.24, 2.45) is 0 Å². The normalized spacial score (nSPS) is 19.0. The van der Waals surface area contributed by atoms with Crippen LogP contribution < -0.4 is 4.90 Å². The molecule has 4 rings (SSSR count). The molecule has 0 aromatic heterocycles. The second-order valence-corrected chi connectivity index (χ2v) is 19.9. The number of carbonyl (C=O) groups excluding carboxylic acids is 1. The number of anilines is 1. The van der Waals surface area contributed by atoms with Crippen molar-refractivity contribution >= 4 is 63.8 Å². The molecular formula is C36H47N2O13S4W+. The molecule has 0 spiro atoms. The largest absolute Gasteiger partial charge is 2.00 e. The summed E-state index contributed by atoms with van der Waals surface area (Å²) in [5.41, 5.74) is 1.90. The molecule has 0 saturated heterocycles. The molecule has 308 valence electrons. The summed E-state index contributed by atoms with van der Waals surface area (Å²) < 4.78 is 134. The first kappa shape index (κ1) is 49.3. The van der Waals surface area contributed by atoms with Crippen molar-refractivity contribution in [1.82, 2.24) is 0 Å². The van der Waals surface area contributed by atoms with E-state index >= 15 is 0 Å². The fourth-order valence-corrected chi connectivity index (χ4v) is 9.10. The van der Waals surface area contributed by atoms with Gasteiger partial charge in [-0.2, -0.15) is 44.7 Å². The van der Waals surface area contributed by atoms with Gasteiger partial charge in [0.2, 0.25) is 5.69 Å². The molecule has 4 N–H and O–H groups in total. The Morgan fingerprint density at radius 1 is 0.750 bits per heavy atom. The van der Waals surface area contributed by atoms with E-state index in [1.54, 1.807) is 30.4 Å². The van der Waals surface area contributed by atoms with Gasteiger partial charge in [-0.3, -0.25) is 24.5 Å². The molecule has 0 amide bonds. The van der Waals surface area contributed by atoms with Gasteiger partial charge >= 0.3 is 21.1 Å². The monoisotopic (exact) mass is 1030 g/mol. The van der Waals surface area contributed by atoms with E-state index < -0.39 is 62.8 Å². The van der Waals surface area contributed by atoms with Crippen molar-refractivity contribution in [2.45, 2.75) is 79.9 Å². The van der Waals surface area contributed by atoms with Gasteiger partial charge in [0.25, 0.3) is 40.5 Å². The van der Waals surface area contributed by atoms with Gasteiger partial charge < -0.3 is 17.1 Å². The van der Waals surface area contributed by atoms with Crippen molar-refractivity contribution in [2.75, 3.05) is 29.5 Å². The molecular weight excluding hydrogens is 981 g/mol. The van der Waals surface area contributed by atoms with Crippen LogP contribution in [0.4, 0.5) is 11.4 Å². The van der Waals surface area contributed by atoms with Crippen LogP contribution in [0, 0.1) is 7.43 Å². The summed E-state index contributed by atoms with van der Waals surface area (Å²) in [5, 5.41) is 0. The van der Waals surface area contributed by atoms with Crippen LogP contribution in [0.25, 0.3) is 0 Å². The second-order valence-electron chi connectivity index (χ2n) is 13.9. The Bertz CT molecular complexity index is 2370. The van der Waals surface area contributed by atoms with Gasteiger partial charge in [0.1, 0.15) is 6.54 Å². The van der Waals surface area contributed by atoms with Crippen LogP contribution in [0.1, 0.15) is 70.4 Å². The third-order valence-electron chi connectivity index (χ3n) is 9.67. The number of benzene rings is 2. The van der Waals surface area contributed by atoms with Crippen LogP contribution >= 0.6 is 0 Å². The van der Waals surface area contributed by atoms with Crippen LogP contribution in [0.3, 0.4) is 0 Å². The average molecular weight is 1030 g/mol. The summed E-state index contributed by atoms with van der Waals surface area (Å²) in [7, 11) is -17.6. The maximum Gasteiger partial charge on any atom is 2.00 e. The molecule has 2 heterocycles.